The van der Waals surface area contributed by atoms with Gasteiger partial charge in [0.25, 0.3) is 0 Å². The highest BCUT2D eigenvalue weighted by Gasteiger charge is 2.33. The molecule has 0 bridgehead atoms. The van der Waals surface area contributed by atoms with Gasteiger partial charge in [-0.05, 0) is 23.8 Å². The summed E-state index contributed by atoms with van der Waals surface area (Å²) in [4.78, 5) is 4.34. The molecule has 0 aliphatic carbocycles. The largest absolute Gasteiger partial charge is 0.358 e. The molecule has 0 amide bonds. The summed E-state index contributed by atoms with van der Waals surface area (Å²) in [5, 5.41) is 0. The van der Waals surface area contributed by atoms with Crippen LogP contribution in [-0.4, -0.2) is 18.1 Å². The van der Waals surface area contributed by atoms with E-state index in [9.17, 15) is 4.39 Å². The van der Waals surface area contributed by atoms with E-state index in [4.69, 9.17) is 0 Å². The minimum Gasteiger partial charge on any atom is -0.358 e. The standard InChI is InChI=1S/C11H11FN2/c1-13-4-5-14-10-3-2-9(12)6-8(10)7-11(13)14/h2-6,11H,7H2,1H3. The average Bonchev–Trinajstić information content (AvgIpc) is 2.66. The minimum atomic E-state index is -0.142. The number of fused-ring (bicyclic) bond motifs is 3. The third-order valence-corrected chi connectivity index (χ3v) is 2.98. The summed E-state index contributed by atoms with van der Waals surface area (Å²) in [6.07, 6.45) is 5.36. The Bertz CT molecular complexity index is 414. The van der Waals surface area contributed by atoms with E-state index in [1.54, 1.807) is 6.07 Å². The molecule has 0 aromatic heterocycles. The lowest BCUT2D eigenvalue weighted by atomic mass is 10.1. The highest BCUT2D eigenvalue weighted by Crippen LogP contribution is 2.36. The van der Waals surface area contributed by atoms with Crippen LogP contribution in [0.3, 0.4) is 0 Å². The highest BCUT2D eigenvalue weighted by molar-refractivity contribution is 5.62. The SMILES string of the molecule is CN1C=CN2c3ccc(F)cc3CC12. The van der Waals surface area contributed by atoms with Gasteiger partial charge in [0.15, 0.2) is 0 Å². The molecule has 0 saturated heterocycles. The van der Waals surface area contributed by atoms with Crippen molar-refractivity contribution in [3.8, 4) is 0 Å². The number of halogens is 1. The van der Waals surface area contributed by atoms with Crippen LogP contribution in [0.15, 0.2) is 30.6 Å². The van der Waals surface area contributed by atoms with E-state index >= 15 is 0 Å². The van der Waals surface area contributed by atoms with Crippen LogP contribution in [-0.2, 0) is 6.42 Å². The van der Waals surface area contributed by atoms with E-state index in [1.165, 1.54) is 6.07 Å². The fourth-order valence-electron chi connectivity index (χ4n) is 2.22. The van der Waals surface area contributed by atoms with Crippen molar-refractivity contribution in [3.63, 3.8) is 0 Å². The van der Waals surface area contributed by atoms with Crippen LogP contribution in [0.25, 0.3) is 0 Å². The summed E-state index contributed by atoms with van der Waals surface area (Å²) in [5.41, 5.74) is 2.24. The Morgan fingerprint density at radius 1 is 1.36 bits per heavy atom. The molecule has 0 radical (unpaired) electrons. The normalized spacial score (nSPS) is 22.9. The Morgan fingerprint density at radius 2 is 2.21 bits per heavy atom. The van der Waals surface area contributed by atoms with E-state index in [1.807, 2.05) is 13.1 Å². The van der Waals surface area contributed by atoms with Crippen LogP contribution >= 0.6 is 0 Å². The van der Waals surface area contributed by atoms with Gasteiger partial charge in [-0.2, -0.15) is 0 Å². The van der Waals surface area contributed by atoms with Crippen molar-refractivity contribution in [3.05, 3.63) is 42.0 Å². The molecule has 1 atom stereocenters. The van der Waals surface area contributed by atoms with Crippen LogP contribution in [0.2, 0.25) is 0 Å². The third kappa shape index (κ3) is 0.895. The van der Waals surface area contributed by atoms with Crippen molar-refractivity contribution in [2.45, 2.75) is 12.6 Å². The first-order valence-electron chi connectivity index (χ1n) is 4.73. The number of hydrogen-bond donors (Lipinski definition) is 0. The fraction of sp³-hybridized carbons (Fsp3) is 0.273. The summed E-state index contributed by atoms with van der Waals surface area (Å²) < 4.78 is 13.0. The van der Waals surface area contributed by atoms with E-state index in [2.05, 4.69) is 22.2 Å². The van der Waals surface area contributed by atoms with Crippen molar-refractivity contribution >= 4 is 5.69 Å². The molecular weight excluding hydrogens is 179 g/mol. The molecule has 2 aliphatic rings. The summed E-state index contributed by atoms with van der Waals surface area (Å²) >= 11 is 0. The van der Waals surface area contributed by atoms with Gasteiger partial charge >= 0.3 is 0 Å². The number of anilines is 1. The van der Waals surface area contributed by atoms with Gasteiger partial charge in [-0.25, -0.2) is 4.39 Å². The molecular formula is C11H11FN2. The molecule has 72 valence electrons. The zero-order valence-corrected chi connectivity index (χ0v) is 7.94. The monoisotopic (exact) mass is 190 g/mol. The Hall–Kier alpha value is -1.51. The van der Waals surface area contributed by atoms with Gasteiger partial charge in [-0.15, -0.1) is 0 Å². The number of rotatable bonds is 0. The molecule has 3 heteroatoms. The van der Waals surface area contributed by atoms with Crippen LogP contribution in [0.1, 0.15) is 5.56 Å². The molecule has 1 aromatic carbocycles. The van der Waals surface area contributed by atoms with Crippen molar-refractivity contribution in [2.75, 3.05) is 11.9 Å². The van der Waals surface area contributed by atoms with Crippen molar-refractivity contribution in [2.24, 2.45) is 0 Å². The second kappa shape index (κ2) is 2.50. The van der Waals surface area contributed by atoms with E-state index in [0.29, 0.717) is 6.17 Å². The third-order valence-electron chi connectivity index (χ3n) is 2.98. The summed E-state index contributed by atoms with van der Waals surface area (Å²) in [6.45, 7) is 0. The molecule has 1 aromatic rings. The summed E-state index contributed by atoms with van der Waals surface area (Å²) in [7, 11) is 2.05. The van der Waals surface area contributed by atoms with Crippen LogP contribution in [0.5, 0.6) is 0 Å². The molecule has 0 saturated carbocycles. The lowest BCUT2D eigenvalue weighted by molar-refractivity contribution is 0.369. The van der Waals surface area contributed by atoms with E-state index in [-0.39, 0.29) is 5.82 Å². The molecule has 2 nitrogen and oxygen atoms in total. The number of likely N-dealkylation sites (N-methyl/N-ethyl adjacent to an activating group) is 1. The number of nitrogens with zero attached hydrogens (tertiary/aromatic N) is 2. The highest BCUT2D eigenvalue weighted by atomic mass is 19.1. The first-order chi connectivity index (χ1) is 6.75. The maximum absolute atomic E-state index is 13.0. The Balaban J connectivity index is 2.08. The molecule has 2 aliphatic heterocycles. The van der Waals surface area contributed by atoms with Crippen molar-refractivity contribution < 1.29 is 4.39 Å². The van der Waals surface area contributed by atoms with Crippen molar-refractivity contribution in [1.82, 2.24) is 4.90 Å². The van der Waals surface area contributed by atoms with Gasteiger partial charge in [0.05, 0.1) is 0 Å². The zero-order valence-electron chi connectivity index (χ0n) is 7.94. The van der Waals surface area contributed by atoms with E-state index < -0.39 is 0 Å². The topological polar surface area (TPSA) is 6.48 Å². The van der Waals surface area contributed by atoms with Crippen LogP contribution in [0, 0.1) is 5.82 Å². The summed E-state index contributed by atoms with van der Waals surface area (Å²) in [6, 6.07) is 5.01. The summed E-state index contributed by atoms with van der Waals surface area (Å²) in [5.74, 6) is -0.142. The first-order valence-corrected chi connectivity index (χ1v) is 4.73. The maximum Gasteiger partial charge on any atom is 0.123 e. The Labute approximate surface area is 82.2 Å². The molecule has 2 heterocycles. The van der Waals surface area contributed by atoms with Gasteiger partial charge in [0.2, 0.25) is 0 Å². The molecule has 14 heavy (non-hydrogen) atoms. The predicted octanol–water partition coefficient (Wildman–Crippen LogP) is 1.93. The van der Waals surface area contributed by atoms with Crippen LogP contribution < -0.4 is 4.90 Å². The molecule has 0 fully saturated rings. The van der Waals surface area contributed by atoms with Gasteiger partial charge in [0.1, 0.15) is 12.0 Å². The quantitative estimate of drug-likeness (QED) is 0.616. The van der Waals surface area contributed by atoms with Gasteiger partial charge in [-0.1, -0.05) is 0 Å². The van der Waals surface area contributed by atoms with E-state index in [0.717, 1.165) is 17.7 Å². The lowest BCUT2D eigenvalue weighted by Crippen LogP contribution is -2.33. The Kier molecular flexibility index (Phi) is 1.40. The molecule has 1 unspecified atom stereocenters. The maximum atomic E-state index is 13.0. The molecule has 3 rings (SSSR count). The molecule has 0 spiro atoms. The number of hydrogen-bond acceptors (Lipinski definition) is 2. The smallest absolute Gasteiger partial charge is 0.123 e. The first kappa shape index (κ1) is 7.85. The average molecular weight is 190 g/mol. The van der Waals surface area contributed by atoms with Gasteiger partial charge in [0, 0.05) is 31.6 Å². The van der Waals surface area contributed by atoms with Gasteiger partial charge < -0.3 is 9.80 Å². The Morgan fingerprint density at radius 3 is 3.07 bits per heavy atom. The second-order valence-electron chi connectivity index (χ2n) is 3.83. The zero-order chi connectivity index (χ0) is 9.71. The van der Waals surface area contributed by atoms with Crippen molar-refractivity contribution in [1.29, 1.82) is 0 Å². The molecule has 0 N–H and O–H groups in total. The minimum absolute atomic E-state index is 0.142. The fourth-order valence-corrected chi connectivity index (χ4v) is 2.22. The second-order valence-corrected chi connectivity index (χ2v) is 3.83. The predicted molar refractivity (Wildman–Crippen MR) is 53.3 cm³/mol. The van der Waals surface area contributed by atoms with Gasteiger partial charge in [-0.3, -0.25) is 0 Å². The lowest BCUT2D eigenvalue weighted by Gasteiger charge is -2.23. The number of benzene rings is 1. The van der Waals surface area contributed by atoms with Crippen LogP contribution in [0.4, 0.5) is 10.1 Å².